The summed E-state index contributed by atoms with van der Waals surface area (Å²) in [6.07, 6.45) is 5.08. The van der Waals surface area contributed by atoms with Crippen molar-refractivity contribution in [3.8, 4) is 0 Å². The van der Waals surface area contributed by atoms with Crippen LogP contribution in [-0.2, 0) is 4.79 Å². The number of carbonyl (C=O) groups is 2. The summed E-state index contributed by atoms with van der Waals surface area (Å²) in [5.74, 6) is 2.24. The van der Waals surface area contributed by atoms with Crippen LogP contribution in [0.3, 0.4) is 0 Å². The molecule has 0 spiro atoms. The van der Waals surface area contributed by atoms with E-state index in [0.717, 1.165) is 11.8 Å². The molecule has 3 rings (SSSR count). The first-order chi connectivity index (χ1) is 10.0. The van der Waals surface area contributed by atoms with Crippen molar-refractivity contribution in [1.29, 1.82) is 0 Å². The first-order valence-corrected chi connectivity index (χ1v) is 8.30. The highest BCUT2D eigenvalue weighted by Crippen LogP contribution is 2.65. The van der Waals surface area contributed by atoms with Crippen LogP contribution in [0.1, 0.15) is 46.0 Å². The van der Waals surface area contributed by atoms with Crippen molar-refractivity contribution < 1.29 is 14.7 Å². The van der Waals surface area contributed by atoms with Crippen molar-refractivity contribution in [2.24, 2.45) is 29.1 Å². The monoisotopic (exact) mass is 294 g/mol. The Labute approximate surface area is 125 Å². The van der Waals surface area contributed by atoms with Crippen LogP contribution >= 0.6 is 0 Å². The molecule has 3 aliphatic rings. The lowest BCUT2D eigenvalue weighted by molar-refractivity contribution is -0.149. The molecule has 0 saturated heterocycles. The standard InChI is InChI=1S/C16H26N2O3/c1-3-16(4-2,14(19)20)8-17-15(21)18-13-11-9-5-6-10(7-9)12(11)13/h9-13H,3-8H2,1-2H3,(H,19,20)(H2,17,18,21). The summed E-state index contributed by atoms with van der Waals surface area (Å²) in [6.45, 7) is 3.93. The quantitative estimate of drug-likeness (QED) is 0.703. The number of urea groups is 1. The van der Waals surface area contributed by atoms with Crippen molar-refractivity contribution in [1.82, 2.24) is 10.6 Å². The largest absolute Gasteiger partial charge is 0.481 e. The van der Waals surface area contributed by atoms with Gasteiger partial charge in [0, 0.05) is 12.6 Å². The molecule has 5 nitrogen and oxygen atoms in total. The highest BCUT2D eigenvalue weighted by molar-refractivity contribution is 5.78. The zero-order chi connectivity index (χ0) is 15.2. The summed E-state index contributed by atoms with van der Waals surface area (Å²) in [6, 6.07) is 0.153. The number of carboxylic acid groups (broad SMARTS) is 1. The number of amides is 2. The molecule has 5 heteroatoms. The van der Waals surface area contributed by atoms with E-state index in [4.69, 9.17) is 0 Å². The highest BCUT2D eigenvalue weighted by atomic mass is 16.4. The third-order valence-corrected chi connectivity index (χ3v) is 6.43. The van der Waals surface area contributed by atoms with E-state index in [2.05, 4.69) is 10.6 Å². The molecule has 0 heterocycles. The fourth-order valence-corrected chi connectivity index (χ4v) is 4.85. The van der Waals surface area contributed by atoms with Crippen LogP contribution < -0.4 is 10.6 Å². The molecule has 118 valence electrons. The number of rotatable bonds is 6. The summed E-state index contributed by atoms with van der Waals surface area (Å²) >= 11 is 0. The van der Waals surface area contributed by atoms with Crippen LogP contribution in [0.4, 0.5) is 4.79 Å². The first kappa shape index (κ1) is 14.7. The van der Waals surface area contributed by atoms with Crippen molar-refractivity contribution in [3.05, 3.63) is 0 Å². The lowest BCUT2D eigenvalue weighted by atomic mass is 9.82. The van der Waals surface area contributed by atoms with E-state index in [1.54, 1.807) is 0 Å². The molecule has 0 aromatic carbocycles. The minimum Gasteiger partial charge on any atom is -0.481 e. The van der Waals surface area contributed by atoms with E-state index in [-0.39, 0.29) is 12.6 Å². The van der Waals surface area contributed by atoms with E-state index in [9.17, 15) is 14.7 Å². The molecule has 4 unspecified atom stereocenters. The topological polar surface area (TPSA) is 78.4 Å². The lowest BCUT2D eigenvalue weighted by Gasteiger charge is -2.27. The number of hydrogen-bond donors (Lipinski definition) is 3. The summed E-state index contributed by atoms with van der Waals surface area (Å²) in [7, 11) is 0. The van der Waals surface area contributed by atoms with Crippen LogP contribution in [0.2, 0.25) is 0 Å². The van der Waals surface area contributed by atoms with E-state index >= 15 is 0 Å². The number of aliphatic carboxylic acids is 1. The molecule has 2 amide bonds. The number of fused-ring (bicyclic) bond motifs is 5. The van der Waals surface area contributed by atoms with Crippen molar-refractivity contribution in [3.63, 3.8) is 0 Å². The first-order valence-electron chi connectivity index (χ1n) is 8.30. The van der Waals surface area contributed by atoms with Gasteiger partial charge in [-0.1, -0.05) is 13.8 Å². The number of carbonyl (C=O) groups excluding carboxylic acids is 1. The maximum absolute atomic E-state index is 12.0. The Morgan fingerprint density at radius 1 is 1.14 bits per heavy atom. The molecule has 0 aromatic heterocycles. The average Bonchev–Trinajstić information content (AvgIpc) is 2.85. The van der Waals surface area contributed by atoms with Crippen LogP contribution in [0, 0.1) is 29.1 Å². The molecule has 0 aromatic rings. The Balaban J connectivity index is 1.48. The fraction of sp³-hybridized carbons (Fsp3) is 0.875. The van der Waals surface area contributed by atoms with E-state index in [1.807, 2.05) is 13.8 Å². The minimum absolute atomic E-state index is 0.193. The third kappa shape index (κ3) is 2.30. The molecule has 3 fully saturated rings. The fourth-order valence-electron chi connectivity index (χ4n) is 4.85. The van der Waals surface area contributed by atoms with Gasteiger partial charge in [0.25, 0.3) is 0 Å². The second-order valence-electron chi connectivity index (χ2n) is 7.13. The number of nitrogens with one attached hydrogen (secondary N) is 2. The van der Waals surface area contributed by atoms with Gasteiger partial charge in [0.1, 0.15) is 0 Å². The van der Waals surface area contributed by atoms with E-state index < -0.39 is 11.4 Å². The predicted molar refractivity (Wildman–Crippen MR) is 78.8 cm³/mol. The molecule has 3 N–H and O–H groups in total. The van der Waals surface area contributed by atoms with Gasteiger partial charge in [-0.15, -0.1) is 0 Å². The van der Waals surface area contributed by atoms with Crippen molar-refractivity contribution in [2.45, 2.75) is 52.0 Å². The second-order valence-corrected chi connectivity index (χ2v) is 7.13. The molecule has 3 saturated carbocycles. The smallest absolute Gasteiger partial charge is 0.315 e. The molecule has 4 atom stereocenters. The molecular formula is C16H26N2O3. The van der Waals surface area contributed by atoms with Crippen molar-refractivity contribution in [2.75, 3.05) is 6.54 Å². The van der Waals surface area contributed by atoms with E-state index in [1.165, 1.54) is 19.3 Å². The molecule has 0 radical (unpaired) electrons. The zero-order valence-electron chi connectivity index (χ0n) is 12.9. The maximum atomic E-state index is 12.0. The second kappa shape index (κ2) is 5.18. The zero-order valence-corrected chi connectivity index (χ0v) is 12.9. The molecule has 2 bridgehead atoms. The molecular weight excluding hydrogens is 268 g/mol. The average molecular weight is 294 g/mol. The van der Waals surface area contributed by atoms with Crippen LogP contribution in [0.15, 0.2) is 0 Å². The summed E-state index contributed by atoms with van der Waals surface area (Å²) < 4.78 is 0. The van der Waals surface area contributed by atoms with Gasteiger partial charge in [-0.05, 0) is 55.8 Å². The SMILES string of the molecule is CCC(CC)(CNC(=O)NC1C2C3CCC(C3)C12)C(=O)O. The van der Waals surface area contributed by atoms with Gasteiger partial charge in [0.15, 0.2) is 0 Å². The third-order valence-electron chi connectivity index (χ3n) is 6.43. The van der Waals surface area contributed by atoms with Gasteiger partial charge in [-0.25, -0.2) is 4.79 Å². The molecule has 0 aliphatic heterocycles. The van der Waals surface area contributed by atoms with Gasteiger partial charge < -0.3 is 15.7 Å². The Kier molecular flexibility index (Phi) is 3.62. The summed E-state index contributed by atoms with van der Waals surface area (Å²) in [5, 5.41) is 15.2. The summed E-state index contributed by atoms with van der Waals surface area (Å²) in [4.78, 5) is 23.5. The van der Waals surface area contributed by atoms with Gasteiger partial charge in [-0.2, -0.15) is 0 Å². The molecule has 21 heavy (non-hydrogen) atoms. The number of hydrogen-bond acceptors (Lipinski definition) is 2. The maximum Gasteiger partial charge on any atom is 0.315 e. The van der Waals surface area contributed by atoms with Crippen molar-refractivity contribution >= 4 is 12.0 Å². The predicted octanol–water partition coefficient (Wildman–Crippen LogP) is 2.22. The minimum atomic E-state index is -0.838. The lowest BCUT2D eigenvalue weighted by Crippen LogP contribution is -2.47. The van der Waals surface area contributed by atoms with Crippen LogP contribution in [0.5, 0.6) is 0 Å². The Morgan fingerprint density at radius 2 is 1.71 bits per heavy atom. The number of carboxylic acids is 1. The van der Waals surface area contributed by atoms with Crippen LogP contribution in [0.25, 0.3) is 0 Å². The van der Waals surface area contributed by atoms with Gasteiger partial charge in [-0.3, -0.25) is 4.79 Å². The van der Waals surface area contributed by atoms with E-state index in [0.29, 0.717) is 30.7 Å². The Bertz CT molecular complexity index is 431. The Morgan fingerprint density at radius 3 is 2.19 bits per heavy atom. The summed E-state index contributed by atoms with van der Waals surface area (Å²) in [5.41, 5.74) is -0.838. The van der Waals surface area contributed by atoms with Crippen LogP contribution in [-0.4, -0.2) is 29.7 Å². The highest BCUT2D eigenvalue weighted by Gasteiger charge is 2.65. The normalized spacial score (nSPS) is 36.2. The van der Waals surface area contributed by atoms with Gasteiger partial charge in [0.2, 0.25) is 0 Å². The van der Waals surface area contributed by atoms with Gasteiger partial charge in [0.05, 0.1) is 5.41 Å². The van der Waals surface area contributed by atoms with Gasteiger partial charge >= 0.3 is 12.0 Å². The Hall–Kier alpha value is -1.26. The molecule has 3 aliphatic carbocycles.